The number of hydrogen-bond donors (Lipinski definition) is 1. The van der Waals surface area contributed by atoms with E-state index in [2.05, 4.69) is 50.7 Å². The molecule has 0 saturated heterocycles. The van der Waals surface area contributed by atoms with Crippen molar-refractivity contribution in [3.8, 4) is 0 Å². The minimum Gasteiger partial charge on any atom is -0.278 e. The molecule has 98 valence electrons. The molecule has 0 bridgehead atoms. The summed E-state index contributed by atoms with van der Waals surface area (Å²) >= 11 is 3.50. The summed E-state index contributed by atoms with van der Waals surface area (Å²) in [6.07, 6.45) is 1.80. The van der Waals surface area contributed by atoms with Crippen LogP contribution < -0.4 is 5.43 Å². The molecule has 20 heavy (non-hydrogen) atoms. The lowest BCUT2D eigenvalue weighted by atomic mass is 10.1. The average molecular weight is 325 g/mol. The highest BCUT2D eigenvalue weighted by atomic mass is 79.9. The first-order valence-electron chi connectivity index (χ1n) is 6.35. The topological polar surface area (TPSA) is 24.4 Å². The monoisotopic (exact) mass is 324 g/mol. The number of hydrazone groups is 1. The molecule has 0 fully saturated rings. The molecule has 0 amide bonds. The van der Waals surface area contributed by atoms with Gasteiger partial charge in [-0.3, -0.25) is 5.43 Å². The van der Waals surface area contributed by atoms with Gasteiger partial charge in [-0.05, 0) is 29.0 Å². The van der Waals surface area contributed by atoms with Crippen molar-refractivity contribution in [2.45, 2.75) is 0 Å². The zero-order valence-electron chi connectivity index (χ0n) is 10.8. The molecule has 0 heterocycles. The Balaban J connectivity index is 1.78. The fraction of sp³-hybridized carbons (Fsp3) is 0. The van der Waals surface area contributed by atoms with Crippen molar-refractivity contribution in [2.75, 3.05) is 5.43 Å². The molecule has 0 radical (unpaired) electrons. The van der Waals surface area contributed by atoms with E-state index in [1.165, 1.54) is 10.8 Å². The molecule has 3 rings (SSSR count). The van der Waals surface area contributed by atoms with Gasteiger partial charge in [-0.15, -0.1) is 0 Å². The van der Waals surface area contributed by atoms with Gasteiger partial charge in [0.15, 0.2) is 0 Å². The van der Waals surface area contributed by atoms with E-state index in [0.717, 1.165) is 15.7 Å². The number of halogens is 1. The molecular formula is C17H13BrN2. The molecule has 0 aromatic heterocycles. The first-order chi connectivity index (χ1) is 9.83. The summed E-state index contributed by atoms with van der Waals surface area (Å²) in [6.45, 7) is 0. The second-order valence-electron chi connectivity index (χ2n) is 4.45. The van der Waals surface area contributed by atoms with Crippen LogP contribution in [0.2, 0.25) is 0 Å². The Bertz CT molecular complexity index is 766. The Labute approximate surface area is 126 Å². The van der Waals surface area contributed by atoms with E-state index < -0.39 is 0 Å². The fourth-order valence-electron chi connectivity index (χ4n) is 2.02. The Kier molecular flexibility index (Phi) is 3.79. The lowest BCUT2D eigenvalue weighted by Gasteiger charge is -2.03. The predicted molar refractivity (Wildman–Crippen MR) is 89.3 cm³/mol. The number of hydrogen-bond acceptors (Lipinski definition) is 2. The quantitative estimate of drug-likeness (QED) is 0.529. The van der Waals surface area contributed by atoms with Crippen molar-refractivity contribution in [1.29, 1.82) is 0 Å². The molecule has 0 aliphatic carbocycles. The molecule has 0 aliphatic rings. The van der Waals surface area contributed by atoms with E-state index in [0.29, 0.717) is 0 Å². The smallest absolute Gasteiger partial charge is 0.0568 e. The summed E-state index contributed by atoms with van der Waals surface area (Å²) in [5.41, 5.74) is 5.08. The van der Waals surface area contributed by atoms with E-state index in [-0.39, 0.29) is 0 Å². The van der Waals surface area contributed by atoms with Crippen LogP contribution in [0.1, 0.15) is 5.56 Å². The van der Waals surface area contributed by atoms with E-state index >= 15 is 0 Å². The summed E-state index contributed by atoms with van der Waals surface area (Å²) in [5.74, 6) is 0. The normalized spacial score (nSPS) is 11.1. The van der Waals surface area contributed by atoms with Crippen molar-refractivity contribution in [3.05, 3.63) is 76.8 Å². The maximum atomic E-state index is 4.27. The van der Waals surface area contributed by atoms with Gasteiger partial charge in [0.1, 0.15) is 0 Å². The van der Waals surface area contributed by atoms with Crippen LogP contribution in [-0.4, -0.2) is 6.21 Å². The Morgan fingerprint density at radius 2 is 1.60 bits per heavy atom. The highest BCUT2D eigenvalue weighted by Gasteiger charge is 1.95. The molecule has 3 aromatic carbocycles. The first kappa shape index (κ1) is 12.9. The summed E-state index contributed by atoms with van der Waals surface area (Å²) in [6, 6.07) is 22.5. The van der Waals surface area contributed by atoms with Crippen LogP contribution in [0.15, 0.2) is 76.3 Å². The van der Waals surface area contributed by atoms with Gasteiger partial charge in [-0.25, -0.2) is 0 Å². The molecule has 3 aromatic rings. The van der Waals surface area contributed by atoms with Crippen LogP contribution in [0.4, 0.5) is 5.69 Å². The number of fused-ring (bicyclic) bond motifs is 1. The van der Waals surface area contributed by atoms with Crippen LogP contribution >= 0.6 is 15.9 Å². The second kappa shape index (κ2) is 5.88. The standard InChI is InChI=1S/C17H13BrN2/c18-17-8-4-3-7-15(17)12-19-20-16-10-9-13-5-1-2-6-14(13)11-16/h1-12,20H/b19-12-. The summed E-state index contributed by atoms with van der Waals surface area (Å²) in [4.78, 5) is 0. The van der Waals surface area contributed by atoms with Gasteiger partial charge in [0.05, 0.1) is 11.9 Å². The van der Waals surface area contributed by atoms with E-state index in [1.54, 1.807) is 6.21 Å². The van der Waals surface area contributed by atoms with Crippen molar-refractivity contribution < 1.29 is 0 Å². The Morgan fingerprint density at radius 3 is 2.45 bits per heavy atom. The van der Waals surface area contributed by atoms with Gasteiger partial charge < -0.3 is 0 Å². The number of anilines is 1. The largest absolute Gasteiger partial charge is 0.278 e. The van der Waals surface area contributed by atoms with Crippen molar-refractivity contribution in [3.63, 3.8) is 0 Å². The summed E-state index contributed by atoms with van der Waals surface area (Å²) < 4.78 is 1.03. The zero-order chi connectivity index (χ0) is 13.8. The van der Waals surface area contributed by atoms with E-state index in [9.17, 15) is 0 Å². The molecule has 0 saturated carbocycles. The van der Waals surface area contributed by atoms with Gasteiger partial charge in [0, 0.05) is 10.0 Å². The molecule has 0 aliphatic heterocycles. The minimum atomic E-state index is 0.979. The van der Waals surface area contributed by atoms with E-state index in [4.69, 9.17) is 0 Å². The van der Waals surface area contributed by atoms with Crippen LogP contribution in [0.5, 0.6) is 0 Å². The summed E-state index contributed by atoms with van der Waals surface area (Å²) in [5, 5.41) is 6.71. The van der Waals surface area contributed by atoms with Crippen LogP contribution in [0, 0.1) is 0 Å². The molecule has 0 spiro atoms. The molecule has 3 heteroatoms. The molecule has 2 nitrogen and oxygen atoms in total. The average Bonchev–Trinajstić information content (AvgIpc) is 2.49. The van der Waals surface area contributed by atoms with Crippen molar-refractivity contribution >= 4 is 38.6 Å². The number of benzene rings is 3. The first-order valence-corrected chi connectivity index (χ1v) is 7.15. The second-order valence-corrected chi connectivity index (χ2v) is 5.31. The minimum absolute atomic E-state index is 0.979. The molecular weight excluding hydrogens is 312 g/mol. The van der Waals surface area contributed by atoms with Crippen molar-refractivity contribution in [2.24, 2.45) is 5.10 Å². The van der Waals surface area contributed by atoms with Crippen LogP contribution in [-0.2, 0) is 0 Å². The van der Waals surface area contributed by atoms with Gasteiger partial charge in [-0.1, -0.05) is 64.5 Å². The van der Waals surface area contributed by atoms with Gasteiger partial charge in [0.25, 0.3) is 0 Å². The van der Waals surface area contributed by atoms with Crippen LogP contribution in [0.3, 0.4) is 0 Å². The maximum absolute atomic E-state index is 4.27. The van der Waals surface area contributed by atoms with Crippen molar-refractivity contribution in [1.82, 2.24) is 0 Å². The maximum Gasteiger partial charge on any atom is 0.0568 e. The van der Waals surface area contributed by atoms with Crippen LogP contribution in [0.25, 0.3) is 10.8 Å². The van der Waals surface area contributed by atoms with E-state index in [1.807, 2.05) is 42.5 Å². The summed E-state index contributed by atoms with van der Waals surface area (Å²) in [7, 11) is 0. The lowest BCUT2D eigenvalue weighted by molar-refractivity contribution is 1.35. The van der Waals surface area contributed by atoms with Gasteiger partial charge in [-0.2, -0.15) is 5.10 Å². The highest BCUT2D eigenvalue weighted by molar-refractivity contribution is 9.10. The SMILES string of the molecule is Brc1ccccc1/C=N\Nc1ccc2ccccc2c1. The molecule has 0 atom stereocenters. The molecule has 1 N–H and O–H groups in total. The number of nitrogens with one attached hydrogen (secondary N) is 1. The fourth-order valence-corrected chi connectivity index (χ4v) is 2.40. The number of nitrogens with zero attached hydrogens (tertiary/aromatic N) is 1. The Morgan fingerprint density at radius 1 is 0.850 bits per heavy atom. The van der Waals surface area contributed by atoms with Gasteiger partial charge in [0.2, 0.25) is 0 Å². The predicted octanol–water partition coefficient (Wildman–Crippen LogP) is 5.05. The zero-order valence-corrected chi connectivity index (χ0v) is 12.3. The third kappa shape index (κ3) is 2.89. The lowest BCUT2D eigenvalue weighted by Crippen LogP contribution is -1.91. The third-order valence-electron chi connectivity index (χ3n) is 3.05. The Hall–Kier alpha value is -2.13. The highest BCUT2D eigenvalue weighted by Crippen LogP contribution is 2.19. The number of rotatable bonds is 3. The van der Waals surface area contributed by atoms with Gasteiger partial charge >= 0.3 is 0 Å². The molecule has 0 unspecified atom stereocenters. The third-order valence-corrected chi connectivity index (χ3v) is 3.77.